The van der Waals surface area contributed by atoms with Gasteiger partial charge in [0.25, 0.3) is 0 Å². The van der Waals surface area contributed by atoms with E-state index in [0.717, 1.165) is 44.7 Å². The van der Waals surface area contributed by atoms with Crippen molar-refractivity contribution in [2.45, 2.75) is 59.8 Å². The summed E-state index contributed by atoms with van der Waals surface area (Å²) >= 11 is 3.34. The Bertz CT molecular complexity index is 2610. The Morgan fingerprint density at radius 3 is 1.38 bits per heavy atom. The van der Waals surface area contributed by atoms with E-state index < -0.39 is 45.4 Å². The number of aliphatic hydroxyl groups excluding tert-OH is 1. The van der Waals surface area contributed by atoms with Crippen molar-refractivity contribution in [1.29, 1.82) is 0 Å². The van der Waals surface area contributed by atoms with E-state index in [-0.39, 0.29) is 37.5 Å². The average molecular weight is 1010 g/mol. The van der Waals surface area contributed by atoms with Crippen molar-refractivity contribution < 1.29 is 29.0 Å². The van der Waals surface area contributed by atoms with Crippen LogP contribution in [0, 0.1) is 0 Å². The average Bonchev–Trinajstić information content (AvgIpc) is 3.44. The zero-order valence-electron chi connectivity index (χ0n) is 41.1. The summed E-state index contributed by atoms with van der Waals surface area (Å²) in [5.74, 6) is -1.06. The minimum absolute atomic E-state index is 0.115. The molecule has 7 rings (SSSR count). The van der Waals surface area contributed by atoms with E-state index in [0.29, 0.717) is 12.8 Å². The molecule has 11 heteroatoms. The van der Waals surface area contributed by atoms with Crippen molar-refractivity contribution in [3.63, 3.8) is 0 Å². The highest BCUT2D eigenvalue weighted by atomic mass is 32.2. The zero-order chi connectivity index (χ0) is 51.1. The third kappa shape index (κ3) is 14.5. The van der Waals surface area contributed by atoms with Gasteiger partial charge < -0.3 is 25.8 Å². The van der Waals surface area contributed by atoms with E-state index in [9.17, 15) is 24.3 Å². The summed E-state index contributed by atoms with van der Waals surface area (Å²) in [5, 5.41) is 20.1. The summed E-state index contributed by atoms with van der Waals surface area (Å²) < 4.78 is 3.52. The molecule has 0 spiro atoms. The number of methoxy groups -OCH3 is 1. The predicted molar refractivity (Wildman–Crippen MR) is 296 cm³/mol. The van der Waals surface area contributed by atoms with Crippen molar-refractivity contribution >= 4 is 47.2 Å². The second-order valence-electron chi connectivity index (χ2n) is 17.5. The van der Waals surface area contributed by atoms with Crippen LogP contribution in [0.2, 0.25) is 0 Å². The molecule has 0 heterocycles. The highest BCUT2D eigenvalue weighted by Crippen LogP contribution is 2.50. The van der Waals surface area contributed by atoms with Gasteiger partial charge in [0.15, 0.2) is 0 Å². The molecule has 0 fully saturated rings. The third-order valence-electron chi connectivity index (χ3n) is 12.6. The van der Waals surface area contributed by atoms with E-state index in [1.165, 1.54) is 18.9 Å². The van der Waals surface area contributed by atoms with Crippen molar-refractivity contribution in [2.75, 3.05) is 25.2 Å². The van der Waals surface area contributed by atoms with Crippen molar-refractivity contribution in [1.82, 2.24) is 16.0 Å². The van der Waals surface area contributed by atoms with Gasteiger partial charge in [-0.15, -0.1) is 23.5 Å². The van der Waals surface area contributed by atoms with Crippen LogP contribution in [0.1, 0.15) is 64.6 Å². The van der Waals surface area contributed by atoms with Gasteiger partial charge in [-0.3, -0.25) is 19.2 Å². The molecule has 7 aromatic rings. The van der Waals surface area contributed by atoms with Crippen LogP contribution in [0.15, 0.2) is 224 Å². The molecule has 0 aliphatic rings. The van der Waals surface area contributed by atoms with E-state index in [1.54, 1.807) is 6.08 Å². The summed E-state index contributed by atoms with van der Waals surface area (Å²) in [7, 11) is 1.32. The van der Waals surface area contributed by atoms with Crippen molar-refractivity contribution in [2.24, 2.45) is 0 Å². The van der Waals surface area contributed by atoms with Crippen LogP contribution in [-0.4, -0.2) is 72.1 Å². The lowest BCUT2D eigenvalue weighted by Crippen LogP contribution is -2.55. The van der Waals surface area contributed by atoms with Crippen LogP contribution in [0.3, 0.4) is 0 Å². The number of ether oxygens (including phenoxy) is 1. The normalized spacial score (nSPS) is 12.8. The van der Waals surface area contributed by atoms with Crippen LogP contribution in [0.4, 0.5) is 0 Å². The van der Waals surface area contributed by atoms with Crippen molar-refractivity contribution in [3.05, 3.63) is 263 Å². The molecular formula is C62H63N3O6S2. The number of rotatable bonds is 26. The lowest BCUT2D eigenvalue weighted by molar-refractivity contribution is -0.140. The maximum atomic E-state index is 14.7. The number of hydrogen-bond acceptors (Lipinski definition) is 8. The quantitative estimate of drug-likeness (QED) is 0.0182. The van der Waals surface area contributed by atoms with E-state index in [2.05, 4.69) is 125 Å². The van der Waals surface area contributed by atoms with Gasteiger partial charge in [0, 0.05) is 25.1 Å². The van der Waals surface area contributed by atoms with Gasteiger partial charge in [-0.25, -0.2) is 0 Å². The highest BCUT2D eigenvalue weighted by molar-refractivity contribution is 8.00. The fourth-order valence-corrected chi connectivity index (χ4v) is 12.0. The Morgan fingerprint density at radius 1 is 0.548 bits per heavy atom. The summed E-state index contributed by atoms with van der Waals surface area (Å²) in [6.07, 6.45) is 3.36. The third-order valence-corrected chi connectivity index (χ3v) is 15.8. The number of aliphatic hydroxyl groups is 1. The lowest BCUT2D eigenvalue weighted by Gasteiger charge is -2.36. The van der Waals surface area contributed by atoms with Crippen LogP contribution in [-0.2, 0) is 39.8 Å². The molecule has 374 valence electrons. The van der Waals surface area contributed by atoms with Gasteiger partial charge in [-0.2, -0.15) is 0 Å². The first-order valence-corrected chi connectivity index (χ1v) is 26.6. The molecule has 3 atom stereocenters. The molecule has 3 amide bonds. The first-order valence-electron chi connectivity index (χ1n) is 24.7. The molecule has 7 aromatic carbocycles. The molecule has 0 saturated heterocycles. The monoisotopic (exact) mass is 1010 g/mol. The zero-order valence-corrected chi connectivity index (χ0v) is 42.7. The molecule has 0 radical (unpaired) electrons. The summed E-state index contributed by atoms with van der Waals surface area (Å²) in [6.45, 7) is 0.175. The van der Waals surface area contributed by atoms with Gasteiger partial charge >= 0.3 is 5.97 Å². The Kier molecular flexibility index (Phi) is 20.3. The predicted octanol–water partition coefficient (Wildman–Crippen LogP) is 10.4. The van der Waals surface area contributed by atoms with E-state index >= 15 is 0 Å². The lowest BCUT2D eigenvalue weighted by atomic mass is 9.84. The molecule has 0 aromatic heterocycles. The van der Waals surface area contributed by atoms with Crippen LogP contribution in [0.25, 0.3) is 0 Å². The molecule has 3 unspecified atom stereocenters. The molecule has 9 nitrogen and oxygen atoms in total. The number of allylic oxidation sites excluding steroid dienone is 1. The summed E-state index contributed by atoms with van der Waals surface area (Å²) in [5.41, 5.74) is 7.24. The number of carbonyl (C=O) groups excluding carboxylic acids is 4. The molecule has 73 heavy (non-hydrogen) atoms. The minimum Gasteiger partial charge on any atom is -0.469 e. The maximum absolute atomic E-state index is 14.7. The Hall–Kier alpha value is -7.18. The topological polar surface area (TPSA) is 134 Å². The Morgan fingerprint density at radius 2 is 0.959 bits per heavy atom. The Balaban J connectivity index is 1.08. The molecular weight excluding hydrogens is 947 g/mol. The van der Waals surface area contributed by atoms with Gasteiger partial charge in [0.1, 0.15) is 12.1 Å². The van der Waals surface area contributed by atoms with Crippen LogP contribution >= 0.6 is 23.5 Å². The van der Waals surface area contributed by atoms with E-state index in [1.807, 2.05) is 121 Å². The first-order chi connectivity index (χ1) is 35.7. The molecule has 0 bridgehead atoms. The number of nitrogens with one attached hydrogen (secondary N) is 3. The number of amides is 3. The number of thioether (sulfide) groups is 2. The molecule has 0 aliphatic heterocycles. The van der Waals surface area contributed by atoms with Gasteiger partial charge in [0.2, 0.25) is 17.7 Å². The number of benzene rings is 7. The fraction of sp³-hybridized carbons (Fsp3) is 0.226. The molecule has 4 N–H and O–H groups in total. The molecule has 0 aliphatic carbocycles. The van der Waals surface area contributed by atoms with Crippen LogP contribution < -0.4 is 16.0 Å². The fourth-order valence-electron chi connectivity index (χ4n) is 8.97. The van der Waals surface area contributed by atoms with Crippen molar-refractivity contribution in [3.8, 4) is 0 Å². The van der Waals surface area contributed by atoms with Crippen LogP contribution in [0.5, 0.6) is 0 Å². The molecule has 0 saturated carbocycles. The second kappa shape index (κ2) is 27.6. The highest BCUT2D eigenvalue weighted by Gasteiger charge is 2.40. The van der Waals surface area contributed by atoms with Gasteiger partial charge in [-0.05, 0) is 57.5 Å². The smallest absolute Gasteiger partial charge is 0.305 e. The maximum Gasteiger partial charge on any atom is 0.305 e. The first kappa shape index (κ1) is 53.6. The van der Waals surface area contributed by atoms with Gasteiger partial charge in [0.05, 0.1) is 29.1 Å². The Labute approximate surface area is 438 Å². The number of esters is 1. The summed E-state index contributed by atoms with van der Waals surface area (Å²) in [6, 6.07) is 68.8. The minimum atomic E-state index is -1.12. The standard InChI is InChI=1S/C62H63N3O6S2/c1-71-58(68)41-25-42-63-59(69)56(46-73-62(51-34-17-6-18-35-51,52-36-19-7-20-37-52)53-38-21-8-22-39-53)65-60(70)55(44-47-26-9-2-10-27-47)64-57(67)45-54(66)40-23-24-43-72-61(48-28-11-3-12-29-48,49-30-13-4-14-31-49)50-32-15-5-16-33-50/h2-23,26-40,54-56,66H,24-25,41-46H2,1H3,(H,63,69)(H,64,67)(H,65,70). The van der Waals surface area contributed by atoms with E-state index in [4.69, 9.17) is 4.74 Å². The largest absolute Gasteiger partial charge is 0.469 e. The second-order valence-corrected chi connectivity index (χ2v) is 20.1. The number of carbonyl (C=O) groups is 4. The van der Waals surface area contributed by atoms with Gasteiger partial charge in [-0.1, -0.05) is 224 Å². The summed E-state index contributed by atoms with van der Waals surface area (Å²) in [4.78, 5) is 54.7. The SMILES string of the molecule is COC(=O)CCCNC(=O)C(CSC(c1ccccc1)(c1ccccc1)c1ccccc1)NC(=O)C(Cc1ccccc1)NC(=O)CC(O)C=CCCSC(c1ccccc1)(c1ccccc1)c1ccccc1. The number of hydrogen-bond donors (Lipinski definition) is 4.